The van der Waals surface area contributed by atoms with Gasteiger partial charge < -0.3 is 9.73 Å². The van der Waals surface area contributed by atoms with Crippen LogP contribution in [0.4, 0.5) is 0 Å². The van der Waals surface area contributed by atoms with Crippen molar-refractivity contribution in [1.82, 2.24) is 5.32 Å². The van der Waals surface area contributed by atoms with Crippen LogP contribution in [0.15, 0.2) is 21.6 Å². The lowest BCUT2D eigenvalue weighted by atomic mass is 9.82. The monoisotopic (exact) mass is 288 g/mol. The van der Waals surface area contributed by atoms with Crippen molar-refractivity contribution in [3.8, 4) is 0 Å². The number of primary sulfonamides is 1. The lowest BCUT2D eigenvalue weighted by molar-refractivity contribution is 0.234. The van der Waals surface area contributed by atoms with Gasteiger partial charge in [-0.05, 0) is 37.8 Å². The van der Waals surface area contributed by atoms with Gasteiger partial charge in [0.2, 0.25) is 5.09 Å². The fraction of sp³-hybridized carbons (Fsp3) is 0.692. The molecule has 0 saturated carbocycles. The van der Waals surface area contributed by atoms with Crippen LogP contribution in [0.2, 0.25) is 0 Å². The van der Waals surface area contributed by atoms with Gasteiger partial charge in [-0.25, -0.2) is 13.6 Å². The van der Waals surface area contributed by atoms with Gasteiger partial charge in [-0.1, -0.05) is 20.8 Å². The first kappa shape index (κ1) is 16.2. The van der Waals surface area contributed by atoms with E-state index in [1.807, 2.05) is 0 Å². The van der Waals surface area contributed by atoms with Crippen LogP contribution < -0.4 is 10.5 Å². The van der Waals surface area contributed by atoms with Crippen LogP contribution in [-0.4, -0.2) is 14.0 Å². The number of rotatable bonds is 5. The fourth-order valence-corrected chi connectivity index (χ4v) is 2.80. The smallest absolute Gasteiger partial charge is 0.271 e. The summed E-state index contributed by atoms with van der Waals surface area (Å²) in [5.41, 5.74) is 0.151. The zero-order chi connectivity index (χ0) is 14.9. The van der Waals surface area contributed by atoms with Crippen LogP contribution >= 0.6 is 0 Å². The molecule has 5 nitrogen and oxygen atoms in total. The molecule has 1 aromatic heterocycles. The van der Waals surface area contributed by atoms with Crippen molar-refractivity contribution in [1.29, 1.82) is 0 Å². The Labute approximate surface area is 115 Å². The van der Waals surface area contributed by atoms with Crippen molar-refractivity contribution < 1.29 is 12.8 Å². The predicted octanol–water partition coefficient (Wildman–Crippen LogP) is 2.23. The quantitative estimate of drug-likeness (QED) is 0.870. The minimum absolute atomic E-state index is 0.0627. The van der Waals surface area contributed by atoms with E-state index in [9.17, 15) is 8.42 Å². The van der Waals surface area contributed by atoms with E-state index < -0.39 is 10.0 Å². The number of furan rings is 1. The van der Waals surface area contributed by atoms with E-state index in [4.69, 9.17) is 9.56 Å². The van der Waals surface area contributed by atoms with E-state index in [2.05, 4.69) is 39.9 Å². The molecular weight excluding hydrogens is 264 g/mol. The summed E-state index contributed by atoms with van der Waals surface area (Å²) < 4.78 is 27.4. The Morgan fingerprint density at radius 3 is 2.21 bits per heavy atom. The lowest BCUT2D eigenvalue weighted by Crippen LogP contribution is -2.41. The van der Waals surface area contributed by atoms with Gasteiger partial charge in [-0.2, -0.15) is 0 Å². The highest BCUT2D eigenvalue weighted by Crippen LogP contribution is 2.27. The van der Waals surface area contributed by atoms with Crippen molar-refractivity contribution >= 4 is 10.0 Å². The second-order valence-electron chi connectivity index (χ2n) is 6.74. The molecule has 19 heavy (non-hydrogen) atoms. The molecule has 0 spiro atoms. The Hall–Kier alpha value is -0.850. The molecule has 0 aliphatic rings. The van der Waals surface area contributed by atoms with Crippen molar-refractivity contribution in [2.24, 2.45) is 10.6 Å². The molecule has 110 valence electrons. The van der Waals surface area contributed by atoms with Crippen molar-refractivity contribution in [2.75, 3.05) is 0 Å². The Morgan fingerprint density at radius 2 is 1.79 bits per heavy atom. The first-order chi connectivity index (χ1) is 8.39. The zero-order valence-electron chi connectivity index (χ0n) is 12.3. The molecule has 0 amide bonds. The van der Waals surface area contributed by atoms with E-state index in [-0.39, 0.29) is 16.0 Å². The minimum Gasteiger partial charge on any atom is -0.447 e. The van der Waals surface area contributed by atoms with E-state index in [0.29, 0.717) is 12.3 Å². The van der Waals surface area contributed by atoms with Crippen molar-refractivity contribution in [2.45, 2.75) is 58.2 Å². The molecule has 1 aromatic rings. The number of sulfonamides is 1. The number of nitrogens with one attached hydrogen (secondary N) is 1. The average Bonchev–Trinajstić information content (AvgIpc) is 2.58. The molecule has 0 aliphatic heterocycles. The van der Waals surface area contributed by atoms with Gasteiger partial charge in [0.05, 0.1) is 6.54 Å². The van der Waals surface area contributed by atoms with Crippen LogP contribution in [0, 0.1) is 5.41 Å². The maximum absolute atomic E-state index is 11.1. The van der Waals surface area contributed by atoms with Gasteiger partial charge in [0.25, 0.3) is 10.0 Å². The normalized spacial score (nSPS) is 13.8. The van der Waals surface area contributed by atoms with Gasteiger partial charge >= 0.3 is 0 Å². The molecule has 0 saturated heterocycles. The molecular formula is C13H24N2O3S. The van der Waals surface area contributed by atoms with Crippen molar-refractivity contribution in [3.63, 3.8) is 0 Å². The van der Waals surface area contributed by atoms with Gasteiger partial charge in [0.1, 0.15) is 5.76 Å². The van der Waals surface area contributed by atoms with E-state index >= 15 is 0 Å². The summed E-state index contributed by atoms with van der Waals surface area (Å²) in [6.07, 6.45) is 0.989. The molecule has 0 aromatic carbocycles. The summed E-state index contributed by atoms with van der Waals surface area (Å²) in [6.45, 7) is 11.2. The summed E-state index contributed by atoms with van der Waals surface area (Å²) >= 11 is 0. The summed E-state index contributed by atoms with van der Waals surface area (Å²) in [6, 6.07) is 3.00. The molecule has 0 aliphatic carbocycles. The Bertz CT molecular complexity index is 524. The second-order valence-corrected chi connectivity index (χ2v) is 8.23. The third-order valence-electron chi connectivity index (χ3n) is 2.63. The lowest BCUT2D eigenvalue weighted by Gasteiger charge is -2.33. The van der Waals surface area contributed by atoms with Crippen LogP contribution in [-0.2, 0) is 16.6 Å². The average molecular weight is 288 g/mol. The third-order valence-corrected chi connectivity index (χ3v) is 3.41. The van der Waals surface area contributed by atoms with Crippen LogP contribution in [0.1, 0.15) is 46.8 Å². The molecule has 0 atom stereocenters. The minimum atomic E-state index is -3.76. The summed E-state index contributed by atoms with van der Waals surface area (Å²) in [4.78, 5) is 0. The fourth-order valence-electron chi connectivity index (χ4n) is 2.32. The highest BCUT2D eigenvalue weighted by atomic mass is 32.2. The summed E-state index contributed by atoms with van der Waals surface area (Å²) in [5, 5.41) is 8.16. The molecule has 1 rings (SSSR count). The SMILES string of the molecule is CC(C)(C)CC(C)(C)NCc1ccc(S(N)(=O)=O)o1. The largest absolute Gasteiger partial charge is 0.447 e. The zero-order valence-corrected chi connectivity index (χ0v) is 13.1. The first-order valence-corrected chi connectivity index (χ1v) is 7.80. The standard InChI is InChI=1S/C13H24N2O3S/c1-12(2,3)9-13(4,5)15-8-10-6-7-11(18-10)19(14,16)17/h6-7,15H,8-9H2,1-5H3,(H2,14,16,17). The van der Waals surface area contributed by atoms with E-state index in [1.165, 1.54) is 6.07 Å². The van der Waals surface area contributed by atoms with E-state index in [0.717, 1.165) is 6.42 Å². The number of hydrogen-bond acceptors (Lipinski definition) is 4. The molecule has 0 fully saturated rings. The molecule has 0 radical (unpaired) electrons. The van der Waals surface area contributed by atoms with E-state index in [1.54, 1.807) is 6.07 Å². The second kappa shape index (κ2) is 5.26. The van der Waals surface area contributed by atoms with Crippen LogP contribution in [0.5, 0.6) is 0 Å². The van der Waals surface area contributed by atoms with Gasteiger partial charge in [-0.3, -0.25) is 0 Å². The van der Waals surface area contributed by atoms with Gasteiger partial charge in [-0.15, -0.1) is 0 Å². The topological polar surface area (TPSA) is 85.3 Å². The summed E-state index contributed by atoms with van der Waals surface area (Å²) in [5.74, 6) is 0.561. The number of hydrogen-bond donors (Lipinski definition) is 2. The Balaban J connectivity index is 2.65. The predicted molar refractivity (Wildman–Crippen MR) is 75.1 cm³/mol. The first-order valence-electron chi connectivity index (χ1n) is 6.26. The van der Waals surface area contributed by atoms with Crippen LogP contribution in [0.3, 0.4) is 0 Å². The summed E-state index contributed by atoms with van der Waals surface area (Å²) in [7, 11) is -3.76. The highest BCUT2D eigenvalue weighted by Gasteiger charge is 2.25. The molecule has 0 bridgehead atoms. The Kier molecular flexibility index (Phi) is 4.49. The van der Waals surface area contributed by atoms with Crippen molar-refractivity contribution in [3.05, 3.63) is 17.9 Å². The maximum atomic E-state index is 11.1. The third kappa shape index (κ3) is 5.76. The maximum Gasteiger partial charge on any atom is 0.271 e. The molecule has 0 unspecified atom stereocenters. The molecule has 3 N–H and O–H groups in total. The van der Waals surface area contributed by atoms with Gasteiger partial charge in [0, 0.05) is 5.54 Å². The number of nitrogens with two attached hydrogens (primary N) is 1. The molecule has 1 heterocycles. The highest BCUT2D eigenvalue weighted by molar-refractivity contribution is 7.89. The Morgan fingerprint density at radius 1 is 1.21 bits per heavy atom. The van der Waals surface area contributed by atoms with Gasteiger partial charge in [0.15, 0.2) is 0 Å². The van der Waals surface area contributed by atoms with Crippen LogP contribution in [0.25, 0.3) is 0 Å². The molecule has 6 heteroatoms.